The van der Waals surface area contributed by atoms with Gasteiger partial charge in [0.15, 0.2) is 0 Å². The Morgan fingerprint density at radius 3 is 2.36 bits per heavy atom. The molecule has 2 N–H and O–H groups in total. The third-order valence-corrected chi connectivity index (χ3v) is 5.35. The van der Waals surface area contributed by atoms with Crippen LogP contribution >= 0.6 is 23.7 Å². The van der Waals surface area contributed by atoms with Gasteiger partial charge in [-0.05, 0) is 24.3 Å². The van der Waals surface area contributed by atoms with Crippen LogP contribution in [0.4, 0.5) is 0 Å². The quantitative estimate of drug-likeness (QED) is 0.886. The lowest BCUT2D eigenvalue weighted by Crippen LogP contribution is -2.53. The molecule has 1 aliphatic carbocycles. The third kappa shape index (κ3) is 3.45. The van der Waals surface area contributed by atoms with Gasteiger partial charge in [-0.25, -0.2) is 0 Å². The van der Waals surface area contributed by atoms with Crippen LogP contribution in [0.15, 0.2) is 17.5 Å². The molecule has 2 atom stereocenters. The van der Waals surface area contributed by atoms with Gasteiger partial charge in [0.05, 0.1) is 10.8 Å². The molecular formula is C15H22ClN3O2S. The van der Waals surface area contributed by atoms with Crippen LogP contribution in [0.25, 0.3) is 0 Å². The van der Waals surface area contributed by atoms with E-state index in [4.69, 9.17) is 5.73 Å². The Balaban J connectivity index is 0.00000176. The zero-order valence-electron chi connectivity index (χ0n) is 12.4. The summed E-state index contributed by atoms with van der Waals surface area (Å²) in [5.41, 5.74) is 6.02. The molecule has 122 valence electrons. The topological polar surface area (TPSA) is 66.6 Å². The van der Waals surface area contributed by atoms with Crippen LogP contribution in [0, 0.1) is 5.92 Å². The van der Waals surface area contributed by atoms with Gasteiger partial charge in [0, 0.05) is 32.2 Å². The Morgan fingerprint density at radius 1 is 1.14 bits per heavy atom. The average molecular weight is 344 g/mol. The lowest BCUT2D eigenvalue weighted by Gasteiger charge is -2.36. The van der Waals surface area contributed by atoms with E-state index in [9.17, 15) is 9.59 Å². The number of piperazine rings is 1. The number of hydrogen-bond acceptors (Lipinski definition) is 4. The molecule has 1 aromatic heterocycles. The van der Waals surface area contributed by atoms with Gasteiger partial charge < -0.3 is 15.5 Å². The van der Waals surface area contributed by atoms with Crippen molar-refractivity contribution in [2.45, 2.75) is 25.3 Å². The molecule has 2 heterocycles. The lowest BCUT2D eigenvalue weighted by molar-refractivity contribution is -0.137. The molecule has 1 aromatic rings. The standard InChI is InChI=1S/C15H21N3O2S.ClH/c16-12-4-1-3-11(12)14(19)17-6-8-18(9-7-17)15(20)13-5-2-10-21-13;/h2,5,10-12H,1,3-4,6-9,16H2;1H. The zero-order valence-corrected chi connectivity index (χ0v) is 14.1. The Bertz CT molecular complexity index is 515. The predicted octanol–water partition coefficient (Wildman–Crippen LogP) is 1.58. The lowest BCUT2D eigenvalue weighted by atomic mass is 10.0. The molecule has 1 saturated carbocycles. The first kappa shape index (κ1) is 17.2. The van der Waals surface area contributed by atoms with Crippen molar-refractivity contribution in [2.24, 2.45) is 11.7 Å². The summed E-state index contributed by atoms with van der Waals surface area (Å²) >= 11 is 1.46. The molecule has 2 unspecified atom stereocenters. The van der Waals surface area contributed by atoms with Crippen LogP contribution in [0.3, 0.4) is 0 Å². The number of thiophene rings is 1. The SMILES string of the molecule is Cl.NC1CCCC1C(=O)N1CCN(C(=O)c2cccs2)CC1. The molecule has 1 saturated heterocycles. The maximum Gasteiger partial charge on any atom is 0.264 e. The first-order valence-corrected chi connectivity index (χ1v) is 8.42. The number of halogens is 1. The second-order valence-corrected chi connectivity index (χ2v) is 6.74. The fourth-order valence-corrected chi connectivity index (χ4v) is 3.91. The van der Waals surface area contributed by atoms with E-state index < -0.39 is 0 Å². The highest BCUT2D eigenvalue weighted by Gasteiger charge is 2.35. The molecule has 0 spiro atoms. The van der Waals surface area contributed by atoms with Crippen LogP contribution in [-0.4, -0.2) is 53.8 Å². The van der Waals surface area contributed by atoms with Crippen LogP contribution < -0.4 is 5.73 Å². The van der Waals surface area contributed by atoms with Gasteiger partial charge >= 0.3 is 0 Å². The fourth-order valence-electron chi connectivity index (χ4n) is 3.22. The maximum absolute atomic E-state index is 12.5. The highest BCUT2D eigenvalue weighted by Crippen LogP contribution is 2.26. The molecule has 22 heavy (non-hydrogen) atoms. The summed E-state index contributed by atoms with van der Waals surface area (Å²) in [7, 11) is 0. The molecule has 0 radical (unpaired) electrons. The number of rotatable bonds is 2. The van der Waals surface area contributed by atoms with Crippen molar-refractivity contribution >= 4 is 35.6 Å². The fraction of sp³-hybridized carbons (Fsp3) is 0.600. The molecule has 1 aliphatic heterocycles. The summed E-state index contributed by atoms with van der Waals surface area (Å²) in [6.45, 7) is 2.48. The molecule has 2 amide bonds. The number of nitrogens with zero attached hydrogens (tertiary/aromatic N) is 2. The van der Waals surface area contributed by atoms with E-state index in [1.165, 1.54) is 11.3 Å². The van der Waals surface area contributed by atoms with Gasteiger partial charge in [-0.3, -0.25) is 9.59 Å². The largest absolute Gasteiger partial charge is 0.339 e. The van der Waals surface area contributed by atoms with Gasteiger partial charge in [0.25, 0.3) is 5.91 Å². The van der Waals surface area contributed by atoms with Crippen LogP contribution in [0.1, 0.15) is 28.9 Å². The Kier molecular flexibility index (Phi) is 5.83. The summed E-state index contributed by atoms with van der Waals surface area (Å²) in [5, 5.41) is 1.91. The third-order valence-electron chi connectivity index (χ3n) is 4.50. The van der Waals surface area contributed by atoms with E-state index in [0.29, 0.717) is 26.2 Å². The summed E-state index contributed by atoms with van der Waals surface area (Å²) in [4.78, 5) is 29.2. The van der Waals surface area contributed by atoms with Crippen molar-refractivity contribution < 1.29 is 9.59 Å². The van der Waals surface area contributed by atoms with Gasteiger partial charge in [0.1, 0.15) is 0 Å². The Hall–Kier alpha value is -1.11. The minimum Gasteiger partial charge on any atom is -0.339 e. The zero-order chi connectivity index (χ0) is 14.8. The monoisotopic (exact) mass is 343 g/mol. The van der Waals surface area contributed by atoms with E-state index in [0.717, 1.165) is 24.1 Å². The molecule has 0 bridgehead atoms. The molecule has 2 aliphatic rings. The van der Waals surface area contributed by atoms with Crippen molar-refractivity contribution in [2.75, 3.05) is 26.2 Å². The van der Waals surface area contributed by atoms with Crippen LogP contribution in [0.2, 0.25) is 0 Å². The van der Waals surface area contributed by atoms with Crippen molar-refractivity contribution in [3.05, 3.63) is 22.4 Å². The molecule has 5 nitrogen and oxygen atoms in total. The summed E-state index contributed by atoms with van der Waals surface area (Å²) in [6.07, 6.45) is 2.91. The highest BCUT2D eigenvalue weighted by molar-refractivity contribution is 7.12. The number of carbonyl (C=O) groups is 2. The number of carbonyl (C=O) groups excluding carboxylic acids is 2. The van der Waals surface area contributed by atoms with Crippen molar-refractivity contribution in [1.29, 1.82) is 0 Å². The second kappa shape index (κ2) is 7.44. The first-order chi connectivity index (χ1) is 10.2. The van der Waals surface area contributed by atoms with Crippen LogP contribution in [-0.2, 0) is 4.79 Å². The van der Waals surface area contributed by atoms with Gasteiger partial charge in [0.2, 0.25) is 5.91 Å². The summed E-state index contributed by atoms with van der Waals surface area (Å²) in [6, 6.07) is 3.75. The van der Waals surface area contributed by atoms with E-state index in [2.05, 4.69) is 0 Å². The highest BCUT2D eigenvalue weighted by atomic mass is 35.5. The Labute approximate surface area is 140 Å². The summed E-state index contributed by atoms with van der Waals surface area (Å²) < 4.78 is 0. The first-order valence-electron chi connectivity index (χ1n) is 7.54. The molecular weight excluding hydrogens is 322 g/mol. The van der Waals surface area contributed by atoms with E-state index in [1.807, 2.05) is 27.3 Å². The minimum atomic E-state index is -0.00968. The molecule has 3 rings (SSSR count). The maximum atomic E-state index is 12.5. The number of amides is 2. The number of hydrogen-bond donors (Lipinski definition) is 1. The van der Waals surface area contributed by atoms with Gasteiger partial charge in [-0.2, -0.15) is 0 Å². The van der Waals surface area contributed by atoms with Crippen molar-refractivity contribution in [3.8, 4) is 0 Å². The normalized spacial score (nSPS) is 25.0. The van der Waals surface area contributed by atoms with E-state index >= 15 is 0 Å². The van der Waals surface area contributed by atoms with E-state index in [-0.39, 0.29) is 36.2 Å². The van der Waals surface area contributed by atoms with Gasteiger partial charge in [-0.1, -0.05) is 12.5 Å². The summed E-state index contributed by atoms with van der Waals surface area (Å²) in [5.74, 6) is 0.252. The molecule has 2 fully saturated rings. The average Bonchev–Trinajstić information content (AvgIpc) is 3.17. The number of nitrogens with two attached hydrogens (primary N) is 1. The smallest absolute Gasteiger partial charge is 0.264 e. The van der Waals surface area contributed by atoms with Crippen LogP contribution in [0.5, 0.6) is 0 Å². The van der Waals surface area contributed by atoms with Crippen molar-refractivity contribution in [1.82, 2.24) is 9.80 Å². The van der Waals surface area contributed by atoms with Gasteiger partial charge in [-0.15, -0.1) is 23.7 Å². The van der Waals surface area contributed by atoms with E-state index in [1.54, 1.807) is 0 Å². The Morgan fingerprint density at radius 2 is 1.82 bits per heavy atom. The predicted molar refractivity (Wildman–Crippen MR) is 89.4 cm³/mol. The van der Waals surface area contributed by atoms with Crippen molar-refractivity contribution in [3.63, 3.8) is 0 Å². The molecule has 0 aromatic carbocycles. The molecule has 7 heteroatoms. The second-order valence-electron chi connectivity index (χ2n) is 5.80. The minimum absolute atomic E-state index is 0.